The summed E-state index contributed by atoms with van der Waals surface area (Å²) in [5.74, 6) is -2.10. The molecule has 2 aromatic carbocycles. The van der Waals surface area contributed by atoms with E-state index in [0.29, 0.717) is 30.8 Å². The average molecular weight is 541 g/mol. The number of nitrogens with zero attached hydrogens (tertiary/aromatic N) is 1. The summed E-state index contributed by atoms with van der Waals surface area (Å²) in [6.07, 6.45) is 2.38. The van der Waals surface area contributed by atoms with Crippen LogP contribution in [0.4, 0.5) is 8.78 Å². The molecule has 4 N–H and O–H groups in total. The van der Waals surface area contributed by atoms with E-state index in [1.165, 1.54) is 12.1 Å². The average Bonchev–Trinajstić information content (AvgIpc) is 3.40. The molecule has 1 aromatic heterocycles. The van der Waals surface area contributed by atoms with Gasteiger partial charge in [0.15, 0.2) is 0 Å². The number of aryl methyl sites for hydroxylation is 1. The normalized spacial score (nSPS) is 12.7. The van der Waals surface area contributed by atoms with Crippen LogP contribution in [0.3, 0.4) is 0 Å². The van der Waals surface area contributed by atoms with E-state index >= 15 is 0 Å². The number of carbonyl (C=O) groups excluding carboxylic acids is 2. The monoisotopic (exact) mass is 540 g/mol. The number of aromatic nitrogens is 1. The summed E-state index contributed by atoms with van der Waals surface area (Å²) < 4.78 is 27.7. The fourth-order valence-electron chi connectivity index (χ4n) is 4.57. The first-order valence-corrected chi connectivity index (χ1v) is 13.4. The zero-order chi connectivity index (χ0) is 28.4. The molecule has 0 aliphatic rings. The highest BCUT2D eigenvalue weighted by Crippen LogP contribution is 2.16. The predicted octanol–water partition coefficient (Wildman–Crippen LogP) is 4.36. The van der Waals surface area contributed by atoms with E-state index in [1.54, 1.807) is 29.3 Å². The van der Waals surface area contributed by atoms with E-state index in [4.69, 9.17) is 0 Å². The fraction of sp³-hybridized carbons (Fsp3) is 0.400. The molecular weight excluding hydrogens is 502 g/mol. The minimum atomic E-state index is -1.06. The largest absolute Gasteiger partial charge is 0.390 e. The summed E-state index contributed by atoms with van der Waals surface area (Å²) >= 11 is 0. The second kappa shape index (κ2) is 14.6. The lowest BCUT2D eigenvalue weighted by atomic mass is 9.99. The van der Waals surface area contributed by atoms with E-state index < -0.39 is 29.7 Å². The van der Waals surface area contributed by atoms with Crippen molar-refractivity contribution >= 4 is 11.8 Å². The Balaban J connectivity index is 1.80. The number of halogens is 2. The quantitative estimate of drug-likeness (QED) is 0.244. The molecule has 1 heterocycles. The molecule has 0 unspecified atom stereocenters. The van der Waals surface area contributed by atoms with Crippen molar-refractivity contribution in [3.8, 4) is 0 Å². The van der Waals surface area contributed by atoms with Gasteiger partial charge in [-0.3, -0.25) is 9.59 Å². The topological polar surface area (TPSA) is 97.5 Å². The lowest BCUT2D eigenvalue weighted by Gasteiger charge is -2.25. The van der Waals surface area contributed by atoms with Crippen LogP contribution < -0.4 is 10.6 Å². The Morgan fingerprint density at radius 3 is 2.28 bits per heavy atom. The second-order valence-electron chi connectivity index (χ2n) is 9.84. The van der Waals surface area contributed by atoms with Crippen LogP contribution in [0.1, 0.15) is 64.2 Å². The van der Waals surface area contributed by atoms with Gasteiger partial charge in [0.1, 0.15) is 11.6 Å². The molecule has 3 rings (SSSR count). The molecule has 2 atom stereocenters. The molecule has 0 fully saturated rings. The Bertz CT molecular complexity index is 1210. The third-order valence-corrected chi connectivity index (χ3v) is 6.35. The van der Waals surface area contributed by atoms with Gasteiger partial charge in [0.2, 0.25) is 0 Å². The van der Waals surface area contributed by atoms with Gasteiger partial charge in [-0.05, 0) is 79.8 Å². The van der Waals surface area contributed by atoms with Gasteiger partial charge in [-0.1, -0.05) is 13.8 Å². The molecule has 0 radical (unpaired) electrons. The van der Waals surface area contributed by atoms with Gasteiger partial charge in [-0.25, -0.2) is 8.78 Å². The summed E-state index contributed by atoms with van der Waals surface area (Å²) in [5.41, 5.74) is 2.66. The first-order valence-electron chi connectivity index (χ1n) is 13.4. The van der Waals surface area contributed by atoms with Crippen LogP contribution >= 0.6 is 0 Å². The molecule has 0 saturated heterocycles. The first kappa shape index (κ1) is 30.0. The zero-order valence-electron chi connectivity index (χ0n) is 22.8. The van der Waals surface area contributed by atoms with E-state index in [1.807, 2.05) is 32.9 Å². The van der Waals surface area contributed by atoms with Crippen molar-refractivity contribution < 1.29 is 23.5 Å². The third kappa shape index (κ3) is 9.01. The number of aliphatic hydroxyl groups excluding tert-OH is 1. The number of hydrogen-bond donors (Lipinski definition) is 4. The van der Waals surface area contributed by atoms with Gasteiger partial charge in [0.25, 0.3) is 11.8 Å². The Hall–Kier alpha value is -3.56. The van der Waals surface area contributed by atoms with Crippen molar-refractivity contribution in [2.45, 2.75) is 58.7 Å². The summed E-state index contributed by atoms with van der Waals surface area (Å²) in [7, 11) is 0. The van der Waals surface area contributed by atoms with Gasteiger partial charge in [-0.15, -0.1) is 0 Å². The summed E-state index contributed by atoms with van der Waals surface area (Å²) in [6.45, 7) is 7.66. The van der Waals surface area contributed by atoms with Crippen LogP contribution in [0.2, 0.25) is 0 Å². The molecular formula is C30H38F2N4O3. The molecule has 9 heteroatoms. The number of amides is 2. The number of aromatic amines is 1. The number of nitrogens with one attached hydrogen (secondary N) is 3. The Morgan fingerprint density at radius 2 is 1.67 bits per heavy atom. The van der Waals surface area contributed by atoms with E-state index in [-0.39, 0.29) is 24.4 Å². The summed E-state index contributed by atoms with van der Waals surface area (Å²) in [6, 6.07) is 11.0. The number of hydrogen-bond acceptors (Lipinski definition) is 4. The van der Waals surface area contributed by atoms with Crippen LogP contribution in [0.5, 0.6) is 0 Å². The summed E-state index contributed by atoms with van der Waals surface area (Å²) in [5, 5.41) is 16.9. The third-order valence-electron chi connectivity index (χ3n) is 6.35. The first-order chi connectivity index (χ1) is 18.7. The second-order valence-corrected chi connectivity index (χ2v) is 9.84. The molecule has 2 amide bonds. The minimum absolute atomic E-state index is 0.00412. The number of benzene rings is 2. The lowest BCUT2D eigenvalue weighted by molar-refractivity contribution is 0.0755. The molecule has 3 aromatic rings. The van der Waals surface area contributed by atoms with Gasteiger partial charge >= 0.3 is 0 Å². The van der Waals surface area contributed by atoms with Crippen LogP contribution in [0.25, 0.3) is 0 Å². The smallest absolute Gasteiger partial charge is 0.253 e. The van der Waals surface area contributed by atoms with Crippen LogP contribution in [0.15, 0.2) is 54.7 Å². The number of rotatable bonds is 14. The number of aliphatic hydroxyl groups is 1. The van der Waals surface area contributed by atoms with Gasteiger partial charge in [-0.2, -0.15) is 0 Å². The number of H-pyrrole nitrogens is 1. The van der Waals surface area contributed by atoms with Gasteiger partial charge in [0.05, 0.1) is 12.1 Å². The lowest BCUT2D eigenvalue weighted by Crippen LogP contribution is -2.48. The van der Waals surface area contributed by atoms with Crippen LogP contribution in [-0.2, 0) is 13.0 Å². The number of carbonyl (C=O) groups is 2. The van der Waals surface area contributed by atoms with Crippen molar-refractivity contribution in [2.24, 2.45) is 0 Å². The van der Waals surface area contributed by atoms with E-state index in [9.17, 15) is 23.5 Å². The standard InChI is InChI=1S/C30H38F2N4O3/c1-4-9-36(10-5-2)30(39)23-12-20(3)11-22(16-23)29(38)35-27(15-21-13-24(31)17-25(32)14-21)28(37)19-33-18-26-7-6-8-34-26/h6-8,11-14,16-17,27-28,33-34,37H,4-5,9-10,15,18-19H2,1-3H3,(H,35,38)/t27-,28+/m0/s1. The fourth-order valence-corrected chi connectivity index (χ4v) is 4.57. The molecule has 0 aliphatic carbocycles. The van der Waals surface area contributed by atoms with Crippen molar-refractivity contribution in [3.05, 3.63) is 94.3 Å². The highest BCUT2D eigenvalue weighted by atomic mass is 19.1. The Kier molecular flexibility index (Phi) is 11.2. The maximum absolute atomic E-state index is 13.9. The maximum atomic E-state index is 13.9. The van der Waals surface area contributed by atoms with Crippen molar-refractivity contribution in [3.63, 3.8) is 0 Å². The minimum Gasteiger partial charge on any atom is -0.390 e. The van der Waals surface area contributed by atoms with E-state index in [2.05, 4.69) is 15.6 Å². The van der Waals surface area contributed by atoms with Gasteiger partial charge < -0.3 is 25.6 Å². The molecule has 39 heavy (non-hydrogen) atoms. The van der Waals surface area contributed by atoms with E-state index in [0.717, 1.165) is 30.2 Å². The molecule has 0 saturated carbocycles. The van der Waals surface area contributed by atoms with Crippen LogP contribution in [-0.4, -0.2) is 58.6 Å². The summed E-state index contributed by atoms with van der Waals surface area (Å²) in [4.78, 5) is 31.4. The highest BCUT2D eigenvalue weighted by molar-refractivity contribution is 6.00. The molecule has 0 aliphatic heterocycles. The Labute approximate surface area is 228 Å². The molecule has 210 valence electrons. The predicted molar refractivity (Wildman–Crippen MR) is 147 cm³/mol. The van der Waals surface area contributed by atoms with Crippen molar-refractivity contribution in [1.82, 2.24) is 20.5 Å². The molecule has 0 spiro atoms. The van der Waals surface area contributed by atoms with Gasteiger partial charge in [0, 0.05) is 55.3 Å². The van der Waals surface area contributed by atoms with Crippen LogP contribution in [0, 0.1) is 18.6 Å². The zero-order valence-corrected chi connectivity index (χ0v) is 22.8. The highest BCUT2D eigenvalue weighted by Gasteiger charge is 2.24. The van der Waals surface area contributed by atoms with Crippen molar-refractivity contribution in [2.75, 3.05) is 19.6 Å². The molecule has 7 nitrogen and oxygen atoms in total. The maximum Gasteiger partial charge on any atom is 0.253 e. The SMILES string of the molecule is CCCN(CCC)C(=O)c1cc(C)cc(C(=O)N[C@@H](Cc2cc(F)cc(F)c2)[C@H](O)CNCc2ccc[nH]2)c1. The molecule has 0 bridgehead atoms. The van der Waals surface area contributed by atoms with Crippen molar-refractivity contribution in [1.29, 1.82) is 0 Å². The Morgan fingerprint density at radius 1 is 1.00 bits per heavy atom.